The van der Waals surface area contributed by atoms with Gasteiger partial charge in [0.25, 0.3) is 5.91 Å². The number of rotatable bonds is 7. The Morgan fingerprint density at radius 2 is 1.96 bits per heavy atom. The van der Waals surface area contributed by atoms with E-state index in [4.69, 9.17) is 11.6 Å². The van der Waals surface area contributed by atoms with Crippen molar-refractivity contribution in [3.8, 4) is 0 Å². The monoisotopic (exact) mass is 403 g/mol. The molecule has 0 bridgehead atoms. The van der Waals surface area contributed by atoms with E-state index in [1.165, 1.54) is 5.56 Å². The highest BCUT2D eigenvalue weighted by Crippen LogP contribution is 2.29. The van der Waals surface area contributed by atoms with E-state index in [1.807, 2.05) is 37.3 Å². The SMILES string of the molecule is CCCNC(=O)c1ccc2c(c1)NC(=O)C(CSCc1ccc(Cl)cc1)N2. The molecule has 1 aliphatic heterocycles. The molecule has 27 heavy (non-hydrogen) atoms. The first kappa shape index (κ1) is 19.6. The molecule has 2 aromatic carbocycles. The lowest BCUT2D eigenvalue weighted by Crippen LogP contribution is -2.40. The number of thioether (sulfide) groups is 1. The average Bonchev–Trinajstić information content (AvgIpc) is 2.67. The third-order valence-corrected chi connectivity index (χ3v) is 5.55. The third kappa shape index (κ3) is 5.17. The van der Waals surface area contributed by atoms with Crippen LogP contribution in [0.3, 0.4) is 0 Å². The lowest BCUT2D eigenvalue weighted by atomic mass is 10.1. The Morgan fingerprint density at radius 1 is 1.19 bits per heavy atom. The average molecular weight is 404 g/mol. The maximum atomic E-state index is 12.4. The normalized spacial score (nSPS) is 15.5. The van der Waals surface area contributed by atoms with Gasteiger partial charge in [-0.05, 0) is 42.3 Å². The van der Waals surface area contributed by atoms with Gasteiger partial charge >= 0.3 is 0 Å². The van der Waals surface area contributed by atoms with Gasteiger partial charge in [-0.15, -0.1) is 0 Å². The number of fused-ring (bicyclic) bond motifs is 1. The first-order valence-corrected chi connectivity index (χ1v) is 10.4. The number of nitrogens with one attached hydrogen (secondary N) is 3. The van der Waals surface area contributed by atoms with Gasteiger partial charge in [-0.3, -0.25) is 9.59 Å². The van der Waals surface area contributed by atoms with Gasteiger partial charge in [-0.2, -0.15) is 11.8 Å². The Hall–Kier alpha value is -2.18. The minimum absolute atomic E-state index is 0.0859. The number of carbonyl (C=O) groups is 2. The van der Waals surface area contributed by atoms with Crippen molar-refractivity contribution in [2.75, 3.05) is 22.9 Å². The maximum absolute atomic E-state index is 12.4. The van der Waals surface area contributed by atoms with Crippen molar-refractivity contribution in [3.63, 3.8) is 0 Å². The fraction of sp³-hybridized carbons (Fsp3) is 0.300. The van der Waals surface area contributed by atoms with Crippen molar-refractivity contribution in [1.29, 1.82) is 0 Å². The van der Waals surface area contributed by atoms with Crippen LogP contribution in [0.5, 0.6) is 0 Å². The van der Waals surface area contributed by atoms with Crippen molar-refractivity contribution in [1.82, 2.24) is 5.32 Å². The molecule has 5 nitrogen and oxygen atoms in total. The van der Waals surface area contributed by atoms with Crippen LogP contribution in [-0.4, -0.2) is 30.2 Å². The molecule has 1 aliphatic rings. The van der Waals surface area contributed by atoms with E-state index in [1.54, 1.807) is 23.9 Å². The maximum Gasteiger partial charge on any atom is 0.251 e. The van der Waals surface area contributed by atoms with Gasteiger partial charge in [0.05, 0.1) is 11.4 Å². The fourth-order valence-electron chi connectivity index (χ4n) is 2.72. The van der Waals surface area contributed by atoms with Crippen LogP contribution in [0.4, 0.5) is 11.4 Å². The molecule has 0 fully saturated rings. The van der Waals surface area contributed by atoms with Gasteiger partial charge < -0.3 is 16.0 Å². The van der Waals surface area contributed by atoms with Crippen LogP contribution in [0, 0.1) is 0 Å². The standard InChI is InChI=1S/C20H22ClN3O2S/c1-2-9-22-19(25)14-5-8-16-17(10-14)24-20(26)18(23-16)12-27-11-13-3-6-15(21)7-4-13/h3-8,10,18,23H,2,9,11-12H2,1H3,(H,22,25)(H,24,26). The third-order valence-electron chi connectivity index (χ3n) is 4.19. The first-order chi connectivity index (χ1) is 13.1. The van der Waals surface area contributed by atoms with E-state index in [-0.39, 0.29) is 17.9 Å². The second-order valence-corrected chi connectivity index (χ2v) is 7.81. The molecular formula is C20H22ClN3O2S. The van der Waals surface area contributed by atoms with Crippen LogP contribution in [-0.2, 0) is 10.5 Å². The van der Waals surface area contributed by atoms with Crippen LogP contribution >= 0.6 is 23.4 Å². The van der Waals surface area contributed by atoms with Crippen LogP contribution in [0.25, 0.3) is 0 Å². The lowest BCUT2D eigenvalue weighted by molar-refractivity contribution is -0.116. The number of amides is 2. The largest absolute Gasteiger partial charge is 0.371 e. The Labute approximate surface area is 168 Å². The predicted molar refractivity (Wildman–Crippen MR) is 113 cm³/mol. The minimum Gasteiger partial charge on any atom is -0.371 e. The Bertz CT molecular complexity index is 826. The van der Waals surface area contributed by atoms with Crippen molar-refractivity contribution in [2.45, 2.75) is 25.1 Å². The van der Waals surface area contributed by atoms with Gasteiger partial charge in [-0.1, -0.05) is 30.7 Å². The van der Waals surface area contributed by atoms with Crippen molar-refractivity contribution < 1.29 is 9.59 Å². The zero-order valence-corrected chi connectivity index (χ0v) is 16.6. The van der Waals surface area contributed by atoms with Gasteiger partial charge in [0.2, 0.25) is 5.91 Å². The lowest BCUT2D eigenvalue weighted by Gasteiger charge is -2.27. The molecule has 7 heteroatoms. The number of anilines is 2. The number of hydrogen-bond acceptors (Lipinski definition) is 4. The summed E-state index contributed by atoms with van der Waals surface area (Å²) in [5, 5.41) is 9.73. The molecule has 0 spiro atoms. The summed E-state index contributed by atoms with van der Waals surface area (Å²) in [6, 6.07) is 12.7. The summed E-state index contributed by atoms with van der Waals surface area (Å²) in [6.45, 7) is 2.63. The Kier molecular flexibility index (Phi) is 6.63. The summed E-state index contributed by atoms with van der Waals surface area (Å²) >= 11 is 7.58. The molecule has 1 heterocycles. The van der Waals surface area contributed by atoms with Gasteiger partial charge in [0.15, 0.2) is 0 Å². The van der Waals surface area contributed by atoms with Crippen LogP contribution in [0.1, 0.15) is 29.3 Å². The molecule has 0 radical (unpaired) electrons. The van der Waals surface area contributed by atoms with E-state index < -0.39 is 0 Å². The number of benzene rings is 2. The molecule has 0 saturated carbocycles. The summed E-state index contributed by atoms with van der Waals surface area (Å²) in [4.78, 5) is 24.5. The highest BCUT2D eigenvalue weighted by atomic mass is 35.5. The Balaban J connectivity index is 1.58. The second kappa shape index (κ2) is 9.15. The van der Waals surface area contributed by atoms with Crippen molar-refractivity contribution in [2.24, 2.45) is 0 Å². The Morgan fingerprint density at radius 3 is 2.70 bits per heavy atom. The molecule has 0 aromatic heterocycles. The van der Waals surface area contributed by atoms with Gasteiger partial charge in [0, 0.05) is 28.6 Å². The molecule has 142 valence electrons. The molecule has 2 amide bonds. The zero-order valence-electron chi connectivity index (χ0n) is 15.0. The first-order valence-electron chi connectivity index (χ1n) is 8.88. The second-order valence-electron chi connectivity index (χ2n) is 6.34. The van der Waals surface area contributed by atoms with E-state index >= 15 is 0 Å². The van der Waals surface area contributed by atoms with Crippen LogP contribution in [0.15, 0.2) is 42.5 Å². The number of carbonyl (C=O) groups excluding carboxylic acids is 2. The number of halogens is 1. The quantitative estimate of drug-likeness (QED) is 0.649. The molecule has 1 unspecified atom stereocenters. The summed E-state index contributed by atoms with van der Waals surface area (Å²) < 4.78 is 0. The van der Waals surface area contributed by atoms with E-state index in [0.717, 1.165) is 22.9 Å². The molecule has 0 aliphatic carbocycles. The molecule has 3 rings (SSSR count). The van der Waals surface area contributed by atoms with Crippen LogP contribution < -0.4 is 16.0 Å². The van der Waals surface area contributed by atoms with Crippen molar-refractivity contribution >= 4 is 46.6 Å². The minimum atomic E-state index is -0.311. The molecule has 1 atom stereocenters. The zero-order chi connectivity index (χ0) is 19.2. The van der Waals surface area contributed by atoms with Crippen LogP contribution in [0.2, 0.25) is 5.02 Å². The predicted octanol–water partition coefficient (Wildman–Crippen LogP) is 4.15. The van der Waals surface area contributed by atoms with Crippen molar-refractivity contribution in [3.05, 3.63) is 58.6 Å². The molecular weight excluding hydrogens is 382 g/mol. The van der Waals surface area contributed by atoms with Gasteiger partial charge in [0.1, 0.15) is 6.04 Å². The fourth-order valence-corrected chi connectivity index (χ4v) is 3.86. The summed E-state index contributed by atoms with van der Waals surface area (Å²) in [7, 11) is 0. The molecule has 0 saturated heterocycles. The number of hydrogen-bond donors (Lipinski definition) is 3. The molecule has 2 aromatic rings. The van der Waals surface area contributed by atoms with Gasteiger partial charge in [-0.25, -0.2) is 0 Å². The highest BCUT2D eigenvalue weighted by molar-refractivity contribution is 7.98. The van der Waals surface area contributed by atoms with E-state index in [0.29, 0.717) is 23.5 Å². The smallest absolute Gasteiger partial charge is 0.251 e. The highest BCUT2D eigenvalue weighted by Gasteiger charge is 2.25. The van der Waals surface area contributed by atoms with E-state index in [2.05, 4.69) is 16.0 Å². The topological polar surface area (TPSA) is 70.2 Å². The molecule has 3 N–H and O–H groups in total. The summed E-state index contributed by atoms with van der Waals surface area (Å²) in [5.41, 5.74) is 3.19. The summed E-state index contributed by atoms with van der Waals surface area (Å²) in [6.07, 6.45) is 0.879. The summed E-state index contributed by atoms with van der Waals surface area (Å²) in [5.74, 6) is 1.24. The van der Waals surface area contributed by atoms with E-state index in [9.17, 15) is 9.59 Å².